The van der Waals surface area contributed by atoms with Gasteiger partial charge in [-0.25, -0.2) is 14.4 Å². The van der Waals surface area contributed by atoms with E-state index in [1.54, 1.807) is 109 Å². The average Bonchev–Trinajstić information content (AvgIpc) is 3.18. The topological polar surface area (TPSA) is 193 Å². The second-order valence-electron chi connectivity index (χ2n) is 18.3. The number of ketones is 1. The number of alkyl carbamates (subject to hydrolysis) is 1. The van der Waals surface area contributed by atoms with Crippen LogP contribution in [0.1, 0.15) is 104 Å². The van der Waals surface area contributed by atoms with Gasteiger partial charge in [0, 0.05) is 38.2 Å². The van der Waals surface area contributed by atoms with Crippen molar-refractivity contribution < 1.29 is 62.6 Å². The van der Waals surface area contributed by atoms with Crippen LogP contribution in [0.2, 0.25) is 0 Å². The Morgan fingerprint density at radius 1 is 0.983 bits per heavy atom. The minimum atomic E-state index is -2.14. The molecule has 1 amide bonds. The van der Waals surface area contributed by atoms with Gasteiger partial charge in [-0.3, -0.25) is 9.59 Å². The molecular weight excluding hydrogens is 774 g/mol. The number of aliphatic hydroxyl groups excluding tert-OH is 1. The molecule has 1 heterocycles. The molecule has 0 spiro atoms. The minimum absolute atomic E-state index is 0.147. The average molecular weight is 834 g/mol. The molecule has 14 nitrogen and oxygen atoms in total. The number of fused-ring (bicyclic) bond motifs is 5. The van der Waals surface area contributed by atoms with Gasteiger partial charge in [0.15, 0.2) is 11.7 Å². The van der Waals surface area contributed by atoms with E-state index < -0.39 is 100 Å². The van der Waals surface area contributed by atoms with Crippen molar-refractivity contribution in [3.05, 3.63) is 82.9 Å². The zero-order valence-electron chi connectivity index (χ0n) is 36.1. The Morgan fingerprint density at radius 3 is 2.13 bits per heavy atom. The van der Waals surface area contributed by atoms with Gasteiger partial charge >= 0.3 is 24.0 Å². The Hall–Kier alpha value is -4.63. The Morgan fingerprint density at radius 2 is 1.60 bits per heavy atom. The fourth-order valence-corrected chi connectivity index (χ4v) is 10.5. The largest absolute Gasteiger partial charge is 0.456 e. The summed E-state index contributed by atoms with van der Waals surface area (Å²) < 4.78 is 36.5. The van der Waals surface area contributed by atoms with E-state index in [9.17, 15) is 29.4 Å². The molecule has 60 heavy (non-hydrogen) atoms. The molecule has 11 atom stereocenters. The van der Waals surface area contributed by atoms with Crippen molar-refractivity contribution in [3.63, 3.8) is 0 Å². The number of rotatable bonds is 10. The van der Waals surface area contributed by atoms with E-state index in [4.69, 9.17) is 28.4 Å². The number of carbonyl (C=O) groups excluding carboxylic acids is 5. The van der Waals surface area contributed by atoms with Crippen LogP contribution in [-0.4, -0.2) is 101 Å². The highest BCUT2D eigenvalue weighted by Gasteiger charge is 2.78. The fraction of sp³-hybridized carbons (Fsp3) is 0.587. The summed E-state index contributed by atoms with van der Waals surface area (Å²) in [4.78, 5) is 70.3. The molecule has 0 aromatic heterocycles. The van der Waals surface area contributed by atoms with Gasteiger partial charge < -0.3 is 44.0 Å². The molecule has 3 N–H and O–H groups in total. The third-order valence-corrected chi connectivity index (χ3v) is 13.4. The molecule has 3 aliphatic carbocycles. The number of methoxy groups -OCH3 is 1. The second kappa shape index (κ2) is 16.3. The number of Topliss-reactive ketones (excluding diaryl/α,β-unsaturated/α-hetero) is 1. The lowest BCUT2D eigenvalue weighted by Gasteiger charge is -2.68. The standard InChI is InChI=1S/C46H59NO13/c1-11-29-33-25(2)30(57-40(52)35(49)34(27-18-14-12-15-19-27)47-41(53)60-42(4,5)6)23-46(54,43(33,7)8)38(58-39(51)28-20-16-13-17-21-28)36-44(9,37(29)50)31(55-10)22-32-45(36,24-56-32)59-26(3)48/h12-21,29-32,34-36,38,49,54H,11,22-24H2,1-10H3,(H,47,53)/t29-,30+,31+,32-,34+,35-,36+,38+,44-,45+,46?/m1/s1. The van der Waals surface area contributed by atoms with Crippen LogP contribution in [0, 0.1) is 22.7 Å². The predicted octanol–water partition coefficient (Wildman–Crippen LogP) is 5.58. The summed E-state index contributed by atoms with van der Waals surface area (Å²) in [5, 5.41) is 28.1. The van der Waals surface area contributed by atoms with Crippen LogP contribution in [0.4, 0.5) is 4.79 Å². The van der Waals surface area contributed by atoms with Crippen molar-refractivity contribution in [2.45, 2.75) is 135 Å². The second-order valence-corrected chi connectivity index (χ2v) is 18.3. The first-order valence-corrected chi connectivity index (χ1v) is 20.6. The Balaban J connectivity index is 1.52. The fourth-order valence-electron chi connectivity index (χ4n) is 10.5. The maximum Gasteiger partial charge on any atom is 0.408 e. The highest BCUT2D eigenvalue weighted by Crippen LogP contribution is 2.65. The van der Waals surface area contributed by atoms with E-state index in [1.165, 1.54) is 14.0 Å². The van der Waals surface area contributed by atoms with Crippen LogP contribution in [-0.2, 0) is 42.8 Å². The summed E-state index contributed by atoms with van der Waals surface area (Å²) in [7, 11) is 1.48. The number of hydrogen-bond acceptors (Lipinski definition) is 13. The van der Waals surface area contributed by atoms with Gasteiger partial charge in [0.05, 0.1) is 35.6 Å². The van der Waals surface area contributed by atoms with Crippen LogP contribution in [0.25, 0.3) is 0 Å². The zero-order chi connectivity index (χ0) is 44.2. The van der Waals surface area contributed by atoms with E-state index >= 15 is 4.79 Å². The SMILES string of the molecule is CC[C@H]1C(=O)[C@]2(C)[C@@H](OC)C[C@H]3OC[C@@]3(OC(C)=O)[C@H]2[C@H](OC(=O)c2ccccc2)C2(O)C[C@H](OC(=O)[C@H](O)[C@@H](NC(=O)OC(C)(C)C)c3ccccc3)C(C)=C1C2(C)C. The lowest BCUT2D eigenvalue weighted by atomic mass is 9.43. The molecule has 0 radical (unpaired) electrons. The van der Waals surface area contributed by atoms with Crippen molar-refractivity contribution in [1.82, 2.24) is 5.32 Å². The quantitative estimate of drug-likeness (QED) is 0.153. The number of aliphatic hydroxyl groups is 2. The summed E-state index contributed by atoms with van der Waals surface area (Å²) in [6, 6.07) is 15.2. The molecule has 2 aromatic carbocycles. The smallest absolute Gasteiger partial charge is 0.408 e. The summed E-state index contributed by atoms with van der Waals surface area (Å²) in [6.45, 7) is 15.0. The summed E-state index contributed by atoms with van der Waals surface area (Å²) in [5.41, 5.74) is -5.93. The minimum Gasteiger partial charge on any atom is -0.456 e. The van der Waals surface area contributed by atoms with Gasteiger partial charge in [0.25, 0.3) is 0 Å². The molecule has 14 heteroatoms. The zero-order valence-corrected chi connectivity index (χ0v) is 36.1. The molecule has 326 valence electrons. The Bertz CT molecular complexity index is 2010. The lowest BCUT2D eigenvalue weighted by molar-refractivity contribution is -0.347. The molecule has 1 saturated heterocycles. The van der Waals surface area contributed by atoms with Gasteiger partial charge in [-0.05, 0) is 69.9 Å². The highest BCUT2D eigenvalue weighted by molar-refractivity contribution is 5.93. The number of amides is 1. The number of ether oxygens (including phenoxy) is 6. The van der Waals surface area contributed by atoms with Crippen molar-refractivity contribution in [3.8, 4) is 0 Å². The van der Waals surface area contributed by atoms with Crippen LogP contribution >= 0.6 is 0 Å². The van der Waals surface area contributed by atoms with Gasteiger partial charge in [-0.1, -0.05) is 69.3 Å². The van der Waals surface area contributed by atoms with E-state index in [2.05, 4.69) is 5.32 Å². The van der Waals surface area contributed by atoms with Gasteiger partial charge in [-0.2, -0.15) is 0 Å². The van der Waals surface area contributed by atoms with Crippen LogP contribution in [0.5, 0.6) is 0 Å². The van der Waals surface area contributed by atoms with E-state index in [0.29, 0.717) is 16.7 Å². The number of esters is 3. The van der Waals surface area contributed by atoms with Crippen LogP contribution in [0.15, 0.2) is 71.8 Å². The molecule has 6 rings (SSSR count). The molecule has 2 aromatic rings. The summed E-state index contributed by atoms with van der Waals surface area (Å²) in [5.74, 6) is -5.00. The van der Waals surface area contributed by atoms with Gasteiger partial charge in [0.2, 0.25) is 0 Å². The normalized spacial score (nSPS) is 33.0. The van der Waals surface area contributed by atoms with Gasteiger partial charge in [0.1, 0.15) is 35.3 Å². The first kappa shape index (κ1) is 44.9. The third-order valence-electron chi connectivity index (χ3n) is 13.4. The van der Waals surface area contributed by atoms with Crippen molar-refractivity contribution in [2.75, 3.05) is 13.7 Å². The van der Waals surface area contributed by atoms with E-state index in [-0.39, 0.29) is 37.2 Å². The molecule has 3 fully saturated rings. The molecule has 2 saturated carbocycles. The number of carbonyl (C=O) groups is 5. The van der Waals surface area contributed by atoms with Crippen molar-refractivity contribution >= 4 is 29.8 Å². The highest BCUT2D eigenvalue weighted by atomic mass is 16.6. The van der Waals surface area contributed by atoms with Crippen molar-refractivity contribution in [2.24, 2.45) is 22.7 Å². The molecule has 1 unspecified atom stereocenters. The lowest BCUT2D eigenvalue weighted by Crippen LogP contribution is -2.81. The predicted molar refractivity (Wildman–Crippen MR) is 216 cm³/mol. The summed E-state index contributed by atoms with van der Waals surface area (Å²) in [6.07, 6.45) is -7.25. The monoisotopic (exact) mass is 833 g/mol. The van der Waals surface area contributed by atoms with Crippen molar-refractivity contribution in [1.29, 1.82) is 0 Å². The number of hydrogen-bond donors (Lipinski definition) is 3. The summed E-state index contributed by atoms with van der Waals surface area (Å²) >= 11 is 0. The maximum absolute atomic E-state index is 15.7. The molecule has 1 aliphatic heterocycles. The number of benzene rings is 2. The van der Waals surface area contributed by atoms with E-state index in [1.807, 2.05) is 6.92 Å². The maximum atomic E-state index is 15.7. The Labute approximate surface area is 351 Å². The molecule has 4 aliphatic rings. The molecule has 2 bridgehead atoms. The third kappa shape index (κ3) is 7.54. The van der Waals surface area contributed by atoms with Crippen LogP contribution in [0.3, 0.4) is 0 Å². The number of nitrogens with one attached hydrogen (secondary N) is 1. The first-order valence-electron chi connectivity index (χ1n) is 20.6. The Kier molecular flexibility index (Phi) is 12.2. The van der Waals surface area contributed by atoms with E-state index in [0.717, 1.165) is 0 Å². The van der Waals surface area contributed by atoms with Crippen LogP contribution < -0.4 is 5.32 Å². The van der Waals surface area contributed by atoms with Gasteiger partial charge in [-0.15, -0.1) is 0 Å². The molecular formula is C46H59NO13. The first-order chi connectivity index (χ1) is 28.1.